The number of benzene rings is 1. The standard InChI is InChI=1S/C23H23ClN6O/c1-4-15-5-6-20-19(21(15)24)13-26-22(29-20)28-18-9-16(17-12-27-30(3)14-17)10-23(2,11-18)31-8-7-25/h1,5-6,9,11-14H,7-8,10,25H2,2-3H3,(H,26,28,29). The summed E-state index contributed by atoms with van der Waals surface area (Å²) in [7, 11) is 1.89. The quantitative estimate of drug-likeness (QED) is 0.577. The summed E-state index contributed by atoms with van der Waals surface area (Å²) in [4.78, 5) is 9.02. The van der Waals surface area contributed by atoms with E-state index in [0.29, 0.717) is 47.0 Å². The third-order valence-corrected chi connectivity index (χ3v) is 5.48. The molecule has 1 aromatic carbocycles. The SMILES string of the molecule is C#Cc1ccc2nc(NC3=CC(C)(OCCN)CC(c4cnn(C)c4)=C3)ncc2c1Cl. The molecule has 0 aliphatic heterocycles. The number of anilines is 1. The highest BCUT2D eigenvalue weighted by atomic mass is 35.5. The van der Waals surface area contributed by atoms with Gasteiger partial charge in [0, 0.05) is 54.6 Å². The number of aromatic nitrogens is 4. The molecule has 0 spiro atoms. The van der Waals surface area contributed by atoms with E-state index in [2.05, 4.69) is 32.4 Å². The molecular weight excluding hydrogens is 412 g/mol. The fourth-order valence-corrected chi connectivity index (χ4v) is 3.90. The van der Waals surface area contributed by atoms with E-state index in [1.807, 2.05) is 38.5 Å². The number of nitrogens with one attached hydrogen (secondary N) is 1. The lowest BCUT2D eigenvalue weighted by atomic mass is 9.87. The van der Waals surface area contributed by atoms with Crippen molar-refractivity contribution in [2.75, 3.05) is 18.5 Å². The van der Waals surface area contributed by atoms with Crippen molar-refractivity contribution in [2.45, 2.75) is 18.9 Å². The van der Waals surface area contributed by atoms with E-state index < -0.39 is 5.60 Å². The summed E-state index contributed by atoms with van der Waals surface area (Å²) in [6, 6.07) is 3.61. The minimum Gasteiger partial charge on any atom is -0.369 e. The van der Waals surface area contributed by atoms with E-state index in [1.165, 1.54) is 0 Å². The third kappa shape index (κ3) is 4.47. The zero-order valence-electron chi connectivity index (χ0n) is 17.4. The first-order valence-corrected chi connectivity index (χ1v) is 10.2. The monoisotopic (exact) mass is 434 g/mol. The Morgan fingerprint density at radius 2 is 2.23 bits per heavy atom. The molecule has 8 heteroatoms. The normalized spacial score (nSPS) is 18.4. The average molecular weight is 435 g/mol. The van der Waals surface area contributed by atoms with Crippen molar-refractivity contribution >= 4 is 34.0 Å². The number of fused-ring (bicyclic) bond motifs is 1. The number of nitrogens with two attached hydrogens (primary N) is 1. The molecule has 0 radical (unpaired) electrons. The molecule has 2 aromatic heterocycles. The van der Waals surface area contributed by atoms with Crippen LogP contribution >= 0.6 is 11.6 Å². The average Bonchev–Trinajstić information content (AvgIpc) is 3.19. The summed E-state index contributed by atoms with van der Waals surface area (Å²) in [6.45, 7) is 2.95. The molecule has 1 atom stereocenters. The Balaban J connectivity index is 1.68. The summed E-state index contributed by atoms with van der Waals surface area (Å²) in [6.07, 6.45) is 15.8. The highest BCUT2D eigenvalue weighted by Crippen LogP contribution is 2.35. The molecule has 7 nitrogen and oxygen atoms in total. The van der Waals surface area contributed by atoms with Crippen LogP contribution < -0.4 is 11.1 Å². The predicted molar refractivity (Wildman–Crippen MR) is 123 cm³/mol. The fourth-order valence-electron chi connectivity index (χ4n) is 3.64. The first-order valence-electron chi connectivity index (χ1n) is 9.86. The van der Waals surface area contributed by atoms with Gasteiger partial charge < -0.3 is 15.8 Å². The van der Waals surface area contributed by atoms with Gasteiger partial charge in [0.25, 0.3) is 0 Å². The number of ether oxygens (including phenoxy) is 1. The number of terminal acetylenes is 1. The molecule has 0 amide bonds. The summed E-state index contributed by atoms with van der Waals surface area (Å²) in [5, 5.41) is 8.78. The van der Waals surface area contributed by atoms with Crippen molar-refractivity contribution in [2.24, 2.45) is 12.8 Å². The topological polar surface area (TPSA) is 90.9 Å². The van der Waals surface area contributed by atoms with Crippen molar-refractivity contribution in [3.8, 4) is 12.3 Å². The number of aryl methyl sites for hydroxylation is 1. The number of hydrogen-bond donors (Lipinski definition) is 2. The maximum Gasteiger partial charge on any atom is 0.227 e. The van der Waals surface area contributed by atoms with Crippen LogP contribution in [0.3, 0.4) is 0 Å². The van der Waals surface area contributed by atoms with Gasteiger partial charge in [0.2, 0.25) is 5.95 Å². The summed E-state index contributed by atoms with van der Waals surface area (Å²) in [5.74, 6) is 3.02. The lowest BCUT2D eigenvalue weighted by Gasteiger charge is -2.32. The second kappa shape index (κ2) is 8.52. The van der Waals surface area contributed by atoms with Crippen molar-refractivity contribution in [1.29, 1.82) is 0 Å². The lowest BCUT2D eigenvalue weighted by Crippen LogP contribution is -2.32. The molecule has 0 saturated carbocycles. The van der Waals surface area contributed by atoms with Crippen LogP contribution in [0.5, 0.6) is 0 Å². The van der Waals surface area contributed by atoms with E-state index in [0.717, 1.165) is 16.8 Å². The van der Waals surface area contributed by atoms with Crippen molar-refractivity contribution < 1.29 is 4.74 Å². The van der Waals surface area contributed by atoms with Crippen LogP contribution in [0.4, 0.5) is 5.95 Å². The highest BCUT2D eigenvalue weighted by molar-refractivity contribution is 6.36. The first kappa shape index (κ1) is 21.1. The molecule has 4 rings (SSSR count). The maximum absolute atomic E-state index is 6.36. The number of allylic oxidation sites excluding steroid dienone is 1. The van der Waals surface area contributed by atoms with Gasteiger partial charge in [-0.2, -0.15) is 5.10 Å². The van der Waals surface area contributed by atoms with E-state index >= 15 is 0 Å². The molecule has 0 saturated heterocycles. The molecule has 1 aliphatic rings. The summed E-state index contributed by atoms with van der Waals surface area (Å²) < 4.78 is 7.85. The smallest absolute Gasteiger partial charge is 0.227 e. The van der Waals surface area contributed by atoms with Crippen LogP contribution in [0.2, 0.25) is 5.02 Å². The van der Waals surface area contributed by atoms with Gasteiger partial charge in [0.05, 0.1) is 28.9 Å². The van der Waals surface area contributed by atoms with Gasteiger partial charge >= 0.3 is 0 Å². The van der Waals surface area contributed by atoms with Crippen molar-refractivity contribution in [3.05, 3.63) is 64.7 Å². The molecule has 1 aliphatic carbocycles. The highest BCUT2D eigenvalue weighted by Gasteiger charge is 2.29. The first-order chi connectivity index (χ1) is 14.9. The molecule has 31 heavy (non-hydrogen) atoms. The molecule has 0 fully saturated rings. The summed E-state index contributed by atoms with van der Waals surface area (Å²) >= 11 is 6.36. The third-order valence-electron chi connectivity index (χ3n) is 5.07. The number of rotatable bonds is 6. The zero-order chi connectivity index (χ0) is 22.0. The van der Waals surface area contributed by atoms with E-state index in [1.54, 1.807) is 16.9 Å². The number of nitrogens with zero attached hydrogens (tertiary/aromatic N) is 4. The Labute approximate surface area is 186 Å². The Morgan fingerprint density at radius 3 is 2.94 bits per heavy atom. The van der Waals surface area contributed by atoms with Crippen LogP contribution in [-0.2, 0) is 11.8 Å². The minimum absolute atomic E-state index is 0.451. The number of hydrogen-bond acceptors (Lipinski definition) is 6. The Bertz CT molecular complexity index is 1240. The van der Waals surface area contributed by atoms with Crippen LogP contribution in [0.1, 0.15) is 24.5 Å². The molecular formula is C23H23ClN6O. The largest absolute Gasteiger partial charge is 0.369 e. The van der Waals surface area contributed by atoms with Crippen LogP contribution in [-0.4, -0.2) is 38.5 Å². The zero-order valence-corrected chi connectivity index (χ0v) is 18.1. The van der Waals surface area contributed by atoms with E-state index in [9.17, 15) is 0 Å². The molecule has 2 heterocycles. The van der Waals surface area contributed by atoms with Crippen molar-refractivity contribution in [1.82, 2.24) is 19.7 Å². The van der Waals surface area contributed by atoms with Gasteiger partial charge in [-0.25, -0.2) is 9.97 Å². The van der Waals surface area contributed by atoms with E-state index in [4.69, 9.17) is 28.5 Å². The van der Waals surface area contributed by atoms with Crippen LogP contribution in [0, 0.1) is 12.3 Å². The molecule has 1 unspecified atom stereocenters. The Morgan fingerprint density at radius 1 is 1.39 bits per heavy atom. The molecule has 3 N–H and O–H groups in total. The predicted octanol–water partition coefficient (Wildman–Crippen LogP) is 3.52. The van der Waals surface area contributed by atoms with Gasteiger partial charge in [0.15, 0.2) is 0 Å². The Kier molecular flexibility index (Phi) is 5.79. The van der Waals surface area contributed by atoms with E-state index in [-0.39, 0.29) is 0 Å². The van der Waals surface area contributed by atoms with Gasteiger partial charge in [-0.15, -0.1) is 6.42 Å². The minimum atomic E-state index is -0.524. The fraction of sp³-hybridized carbons (Fsp3) is 0.261. The molecule has 158 valence electrons. The Hall–Kier alpha value is -3.18. The van der Waals surface area contributed by atoms with Gasteiger partial charge in [-0.3, -0.25) is 4.68 Å². The number of halogens is 1. The summed E-state index contributed by atoms with van der Waals surface area (Å²) in [5.41, 5.74) is 9.42. The van der Waals surface area contributed by atoms with Gasteiger partial charge in [0.1, 0.15) is 0 Å². The maximum atomic E-state index is 6.36. The second-order valence-electron chi connectivity index (χ2n) is 7.62. The van der Waals surface area contributed by atoms with Gasteiger partial charge in [-0.1, -0.05) is 17.5 Å². The lowest BCUT2D eigenvalue weighted by molar-refractivity contribution is 0.0131. The second-order valence-corrected chi connectivity index (χ2v) is 8.00. The van der Waals surface area contributed by atoms with Crippen molar-refractivity contribution in [3.63, 3.8) is 0 Å². The van der Waals surface area contributed by atoms with Crippen LogP contribution in [0.15, 0.2) is 48.6 Å². The molecule has 3 aromatic rings. The van der Waals surface area contributed by atoms with Crippen LogP contribution in [0.25, 0.3) is 16.5 Å². The van der Waals surface area contributed by atoms with Gasteiger partial charge in [-0.05, 0) is 36.8 Å². The molecule has 0 bridgehead atoms.